The predicted molar refractivity (Wildman–Crippen MR) is 125 cm³/mol. The van der Waals surface area contributed by atoms with E-state index in [9.17, 15) is 9.50 Å². The van der Waals surface area contributed by atoms with E-state index < -0.39 is 0 Å². The first kappa shape index (κ1) is 24.6. The van der Waals surface area contributed by atoms with Gasteiger partial charge in [-0.2, -0.15) is 0 Å². The highest BCUT2D eigenvalue weighted by molar-refractivity contribution is 14.0. The van der Waals surface area contributed by atoms with E-state index in [1.807, 2.05) is 13.8 Å². The summed E-state index contributed by atoms with van der Waals surface area (Å²) in [6.45, 7) is 8.46. The van der Waals surface area contributed by atoms with Gasteiger partial charge in [0.2, 0.25) is 0 Å². The van der Waals surface area contributed by atoms with Crippen LogP contribution in [0.2, 0.25) is 5.02 Å². The summed E-state index contributed by atoms with van der Waals surface area (Å²) in [5.74, 6) is 0.436. The van der Waals surface area contributed by atoms with Gasteiger partial charge in [0.1, 0.15) is 5.82 Å². The van der Waals surface area contributed by atoms with Crippen LogP contribution in [0.5, 0.6) is 0 Å². The lowest BCUT2D eigenvalue weighted by atomic mass is 10.0. The summed E-state index contributed by atoms with van der Waals surface area (Å²) in [7, 11) is 0. The minimum atomic E-state index is -0.333. The second kappa shape index (κ2) is 11.6. The SMILES string of the molecule is CCNC(=NCC(c1c(F)cccc1Cl)N1CCOC(C)C1)N1CC[C@@H](O)C1.I. The number of aliphatic imine (C=N–C) groups is 1. The normalized spacial score (nSPS) is 24.3. The van der Waals surface area contributed by atoms with Crippen LogP contribution in [-0.2, 0) is 4.74 Å². The minimum Gasteiger partial charge on any atom is -0.391 e. The molecule has 164 valence electrons. The topological polar surface area (TPSA) is 60.3 Å². The number of nitrogens with one attached hydrogen (secondary N) is 1. The molecule has 2 fully saturated rings. The zero-order valence-corrected chi connectivity index (χ0v) is 20.1. The first-order valence-electron chi connectivity index (χ1n) is 10.0. The van der Waals surface area contributed by atoms with Crippen molar-refractivity contribution in [2.75, 3.05) is 45.9 Å². The van der Waals surface area contributed by atoms with E-state index in [1.165, 1.54) is 6.07 Å². The third-order valence-corrected chi connectivity index (χ3v) is 5.59. The zero-order chi connectivity index (χ0) is 20.1. The van der Waals surface area contributed by atoms with Gasteiger partial charge in [0.15, 0.2) is 5.96 Å². The number of aliphatic hydroxyl groups excluding tert-OH is 1. The van der Waals surface area contributed by atoms with E-state index in [0.29, 0.717) is 43.4 Å². The van der Waals surface area contributed by atoms with Crippen molar-refractivity contribution in [1.29, 1.82) is 0 Å². The van der Waals surface area contributed by atoms with Crippen molar-refractivity contribution in [2.24, 2.45) is 4.99 Å². The Bertz CT molecular complexity index is 676. The smallest absolute Gasteiger partial charge is 0.194 e. The van der Waals surface area contributed by atoms with Crippen molar-refractivity contribution in [3.63, 3.8) is 0 Å². The Morgan fingerprint density at radius 2 is 2.21 bits per heavy atom. The molecule has 2 aliphatic heterocycles. The Balaban J connectivity index is 0.00000300. The maximum atomic E-state index is 14.7. The Kier molecular flexibility index (Phi) is 9.87. The molecule has 9 heteroatoms. The van der Waals surface area contributed by atoms with Gasteiger partial charge in [0, 0.05) is 43.3 Å². The molecule has 2 N–H and O–H groups in total. The molecule has 29 heavy (non-hydrogen) atoms. The summed E-state index contributed by atoms with van der Waals surface area (Å²) in [5, 5.41) is 13.6. The number of rotatable bonds is 5. The van der Waals surface area contributed by atoms with E-state index >= 15 is 0 Å². The molecule has 2 heterocycles. The molecular formula is C20H31ClFIN4O2. The lowest BCUT2D eigenvalue weighted by Gasteiger charge is -2.37. The summed E-state index contributed by atoms with van der Waals surface area (Å²) in [6.07, 6.45) is 0.474. The molecule has 1 aromatic carbocycles. The Morgan fingerprint density at radius 3 is 2.83 bits per heavy atom. The van der Waals surface area contributed by atoms with Crippen molar-refractivity contribution in [2.45, 2.75) is 38.5 Å². The fourth-order valence-corrected chi connectivity index (χ4v) is 4.17. The van der Waals surface area contributed by atoms with Crippen molar-refractivity contribution in [1.82, 2.24) is 15.1 Å². The van der Waals surface area contributed by atoms with Gasteiger partial charge in [-0.25, -0.2) is 4.39 Å². The number of β-amino-alcohol motifs (C(OH)–C–C–N with tert-alkyl or cyclic N) is 1. The number of ether oxygens (including phenoxy) is 1. The van der Waals surface area contributed by atoms with E-state index in [2.05, 4.69) is 15.1 Å². The Labute approximate surface area is 194 Å². The summed E-state index contributed by atoms with van der Waals surface area (Å²) >= 11 is 6.40. The van der Waals surface area contributed by atoms with E-state index in [-0.39, 0.29) is 48.0 Å². The zero-order valence-electron chi connectivity index (χ0n) is 17.0. The second-order valence-electron chi connectivity index (χ2n) is 7.41. The number of halogens is 3. The third kappa shape index (κ3) is 6.40. The quantitative estimate of drug-likeness (QED) is 0.342. The highest BCUT2D eigenvalue weighted by Crippen LogP contribution is 2.31. The molecule has 0 aromatic heterocycles. The minimum absolute atomic E-state index is 0. The molecule has 2 aliphatic rings. The van der Waals surface area contributed by atoms with Crippen LogP contribution in [-0.4, -0.2) is 78.9 Å². The van der Waals surface area contributed by atoms with Crippen LogP contribution in [0.15, 0.2) is 23.2 Å². The molecule has 0 saturated carbocycles. The van der Waals surface area contributed by atoms with Crippen LogP contribution in [0, 0.1) is 5.82 Å². The molecule has 2 unspecified atom stereocenters. The number of morpholine rings is 1. The average Bonchev–Trinajstić information content (AvgIpc) is 3.09. The predicted octanol–water partition coefficient (Wildman–Crippen LogP) is 2.89. The molecule has 0 amide bonds. The highest BCUT2D eigenvalue weighted by atomic mass is 127. The van der Waals surface area contributed by atoms with Crippen LogP contribution in [0.4, 0.5) is 4.39 Å². The molecule has 0 radical (unpaired) electrons. The number of nitrogens with zero attached hydrogens (tertiary/aromatic N) is 3. The molecule has 0 aliphatic carbocycles. The van der Waals surface area contributed by atoms with Gasteiger partial charge in [-0.15, -0.1) is 24.0 Å². The number of hydrogen-bond acceptors (Lipinski definition) is 4. The fourth-order valence-electron chi connectivity index (χ4n) is 3.88. The lowest BCUT2D eigenvalue weighted by molar-refractivity contribution is -0.0337. The summed E-state index contributed by atoms with van der Waals surface area (Å²) in [5.41, 5.74) is 0.485. The maximum Gasteiger partial charge on any atom is 0.194 e. The summed E-state index contributed by atoms with van der Waals surface area (Å²) < 4.78 is 20.4. The molecule has 3 rings (SSSR count). The number of hydrogen-bond donors (Lipinski definition) is 2. The van der Waals surface area contributed by atoms with Crippen molar-refractivity contribution in [3.8, 4) is 0 Å². The van der Waals surface area contributed by atoms with Crippen molar-refractivity contribution >= 4 is 41.5 Å². The Hall–Kier alpha value is -0.680. The van der Waals surface area contributed by atoms with Crippen molar-refractivity contribution < 1.29 is 14.2 Å². The average molecular weight is 541 g/mol. The molecule has 1 aromatic rings. The van der Waals surface area contributed by atoms with Gasteiger partial charge in [-0.1, -0.05) is 17.7 Å². The van der Waals surface area contributed by atoms with E-state index in [1.54, 1.807) is 12.1 Å². The molecule has 0 bridgehead atoms. The van der Waals surface area contributed by atoms with Crippen LogP contribution in [0.1, 0.15) is 31.9 Å². The number of likely N-dealkylation sites (tertiary alicyclic amines) is 1. The van der Waals surface area contributed by atoms with Gasteiger partial charge in [0.25, 0.3) is 0 Å². The first-order chi connectivity index (χ1) is 13.5. The molecule has 0 spiro atoms. The molecule has 2 saturated heterocycles. The van der Waals surface area contributed by atoms with E-state index in [0.717, 1.165) is 25.5 Å². The second-order valence-corrected chi connectivity index (χ2v) is 7.82. The van der Waals surface area contributed by atoms with Gasteiger partial charge >= 0.3 is 0 Å². The summed E-state index contributed by atoms with van der Waals surface area (Å²) in [6, 6.07) is 4.52. The third-order valence-electron chi connectivity index (χ3n) is 5.26. The Morgan fingerprint density at radius 1 is 1.41 bits per heavy atom. The lowest BCUT2D eigenvalue weighted by Crippen LogP contribution is -2.45. The van der Waals surface area contributed by atoms with Gasteiger partial charge in [0.05, 0.1) is 31.4 Å². The molecule has 6 nitrogen and oxygen atoms in total. The first-order valence-corrected chi connectivity index (χ1v) is 10.4. The highest BCUT2D eigenvalue weighted by Gasteiger charge is 2.30. The fraction of sp³-hybridized carbons (Fsp3) is 0.650. The number of benzene rings is 1. The number of guanidine groups is 1. The van der Waals surface area contributed by atoms with Crippen LogP contribution in [0.3, 0.4) is 0 Å². The van der Waals surface area contributed by atoms with Crippen LogP contribution < -0.4 is 5.32 Å². The summed E-state index contributed by atoms with van der Waals surface area (Å²) in [4.78, 5) is 9.05. The monoisotopic (exact) mass is 540 g/mol. The van der Waals surface area contributed by atoms with Gasteiger partial charge in [-0.3, -0.25) is 9.89 Å². The molecule has 3 atom stereocenters. The van der Waals surface area contributed by atoms with Gasteiger partial charge < -0.3 is 20.1 Å². The van der Waals surface area contributed by atoms with Crippen LogP contribution >= 0.6 is 35.6 Å². The van der Waals surface area contributed by atoms with E-state index in [4.69, 9.17) is 21.3 Å². The van der Waals surface area contributed by atoms with Crippen molar-refractivity contribution in [3.05, 3.63) is 34.6 Å². The standard InChI is InChI=1S/C20H30ClFN4O2.HI/c1-3-23-20(26-8-7-15(27)13-26)24-11-18(25-9-10-28-14(2)12-25)19-16(21)5-4-6-17(19)22;/h4-6,14-15,18,27H,3,7-13H2,1-2H3,(H,23,24);1H/t14?,15-,18?;/m1./s1. The maximum absolute atomic E-state index is 14.7. The number of aliphatic hydroxyl groups is 1. The largest absolute Gasteiger partial charge is 0.391 e. The van der Waals surface area contributed by atoms with Crippen LogP contribution in [0.25, 0.3) is 0 Å². The molecular weight excluding hydrogens is 510 g/mol. The van der Waals surface area contributed by atoms with Gasteiger partial charge in [-0.05, 0) is 32.4 Å².